The van der Waals surface area contributed by atoms with E-state index in [-0.39, 0.29) is 24.9 Å². The Balaban J connectivity index is 2.87. The van der Waals surface area contributed by atoms with Gasteiger partial charge in [-0.1, -0.05) is 0 Å². The van der Waals surface area contributed by atoms with Crippen molar-refractivity contribution in [3.63, 3.8) is 0 Å². The van der Waals surface area contributed by atoms with Crippen molar-refractivity contribution >= 4 is 21.6 Å². The Morgan fingerprint density at radius 2 is 1.90 bits per heavy atom. The standard InChI is InChI=1S/C14H19N3O3S/c1-11(2)16-14(18)8-9-17(21(3,19)20)13-6-4-12(10-15)5-7-13/h4-7,11H,8-9H2,1-3H3,(H,16,18). The molecule has 114 valence electrons. The molecule has 0 saturated heterocycles. The van der Waals surface area contributed by atoms with E-state index >= 15 is 0 Å². The molecule has 0 atom stereocenters. The highest BCUT2D eigenvalue weighted by molar-refractivity contribution is 7.92. The van der Waals surface area contributed by atoms with Gasteiger partial charge in [-0.15, -0.1) is 0 Å². The molecule has 1 aromatic carbocycles. The zero-order valence-electron chi connectivity index (χ0n) is 12.3. The van der Waals surface area contributed by atoms with Gasteiger partial charge in [0.1, 0.15) is 0 Å². The molecule has 0 fully saturated rings. The molecule has 1 rings (SSSR count). The maximum Gasteiger partial charge on any atom is 0.232 e. The molecular formula is C14H19N3O3S. The minimum atomic E-state index is -3.49. The average molecular weight is 309 g/mol. The number of amides is 1. The largest absolute Gasteiger partial charge is 0.354 e. The van der Waals surface area contributed by atoms with Crippen molar-refractivity contribution < 1.29 is 13.2 Å². The minimum absolute atomic E-state index is 0.0131. The third kappa shape index (κ3) is 5.44. The molecule has 0 radical (unpaired) electrons. The molecule has 0 unspecified atom stereocenters. The van der Waals surface area contributed by atoms with Crippen LogP contribution in [0.4, 0.5) is 5.69 Å². The van der Waals surface area contributed by atoms with Gasteiger partial charge in [-0.25, -0.2) is 8.42 Å². The SMILES string of the molecule is CC(C)NC(=O)CCN(c1ccc(C#N)cc1)S(C)(=O)=O. The predicted molar refractivity (Wildman–Crippen MR) is 81.2 cm³/mol. The first-order chi connectivity index (χ1) is 9.74. The van der Waals surface area contributed by atoms with Gasteiger partial charge in [-0.3, -0.25) is 9.10 Å². The van der Waals surface area contributed by atoms with E-state index in [1.54, 1.807) is 24.3 Å². The summed E-state index contributed by atoms with van der Waals surface area (Å²) in [7, 11) is -3.49. The van der Waals surface area contributed by atoms with E-state index in [9.17, 15) is 13.2 Å². The van der Waals surface area contributed by atoms with E-state index in [2.05, 4.69) is 5.32 Å². The number of hydrogen-bond donors (Lipinski definition) is 1. The summed E-state index contributed by atoms with van der Waals surface area (Å²) in [6.07, 6.45) is 1.16. The molecule has 0 aliphatic heterocycles. The fourth-order valence-corrected chi connectivity index (χ4v) is 2.71. The second-order valence-corrected chi connectivity index (χ2v) is 6.87. The molecule has 1 N–H and O–H groups in total. The number of sulfonamides is 1. The summed E-state index contributed by atoms with van der Waals surface area (Å²) in [6, 6.07) is 8.18. The van der Waals surface area contributed by atoms with Crippen LogP contribution >= 0.6 is 0 Å². The topological polar surface area (TPSA) is 90.3 Å². The smallest absolute Gasteiger partial charge is 0.232 e. The molecular weight excluding hydrogens is 290 g/mol. The van der Waals surface area contributed by atoms with Crippen molar-refractivity contribution in [3.05, 3.63) is 29.8 Å². The molecule has 0 saturated carbocycles. The Bertz CT molecular complexity index is 630. The normalized spacial score (nSPS) is 11.0. The van der Waals surface area contributed by atoms with Gasteiger partial charge < -0.3 is 5.32 Å². The molecule has 7 heteroatoms. The highest BCUT2D eigenvalue weighted by Gasteiger charge is 2.18. The molecule has 0 aromatic heterocycles. The van der Waals surface area contributed by atoms with Crippen LogP contribution in [0.2, 0.25) is 0 Å². The third-order valence-corrected chi connectivity index (χ3v) is 3.87. The summed E-state index contributed by atoms with van der Waals surface area (Å²) in [6.45, 7) is 3.74. The van der Waals surface area contributed by atoms with Crippen molar-refractivity contribution in [1.82, 2.24) is 5.32 Å². The Morgan fingerprint density at radius 3 is 2.33 bits per heavy atom. The van der Waals surface area contributed by atoms with Crippen molar-refractivity contribution in [2.45, 2.75) is 26.3 Å². The number of carbonyl (C=O) groups is 1. The number of hydrogen-bond acceptors (Lipinski definition) is 4. The molecule has 0 bridgehead atoms. The van der Waals surface area contributed by atoms with Crippen LogP contribution < -0.4 is 9.62 Å². The Hall–Kier alpha value is -2.07. The average Bonchev–Trinajstić information content (AvgIpc) is 2.37. The van der Waals surface area contributed by atoms with E-state index in [0.29, 0.717) is 11.3 Å². The number of anilines is 1. The Kier molecular flexibility index (Phi) is 5.73. The first-order valence-corrected chi connectivity index (χ1v) is 8.36. The summed E-state index contributed by atoms with van der Waals surface area (Å²) in [5.41, 5.74) is 0.888. The van der Waals surface area contributed by atoms with Gasteiger partial charge in [0.25, 0.3) is 0 Å². The van der Waals surface area contributed by atoms with Gasteiger partial charge in [-0.2, -0.15) is 5.26 Å². The number of nitrogens with zero attached hydrogens (tertiary/aromatic N) is 2. The summed E-state index contributed by atoms with van der Waals surface area (Å²) in [4.78, 5) is 11.6. The number of benzene rings is 1. The van der Waals surface area contributed by atoms with Crippen molar-refractivity contribution in [2.75, 3.05) is 17.1 Å². The Labute approximate surface area is 125 Å². The first-order valence-electron chi connectivity index (χ1n) is 6.51. The first kappa shape index (κ1) is 17.0. The molecule has 0 heterocycles. The summed E-state index contributed by atoms with van der Waals surface area (Å²) < 4.78 is 24.9. The third-order valence-electron chi connectivity index (χ3n) is 2.68. The second kappa shape index (κ2) is 7.09. The lowest BCUT2D eigenvalue weighted by Gasteiger charge is -2.22. The van der Waals surface area contributed by atoms with Gasteiger partial charge >= 0.3 is 0 Å². The van der Waals surface area contributed by atoms with Crippen LogP contribution in [0.3, 0.4) is 0 Å². The molecule has 0 aliphatic carbocycles. The quantitative estimate of drug-likeness (QED) is 0.856. The van der Waals surface area contributed by atoms with E-state index in [1.165, 1.54) is 0 Å². The van der Waals surface area contributed by atoms with E-state index in [0.717, 1.165) is 10.6 Å². The monoisotopic (exact) mass is 309 g/mol. The van der Waals surface area contributed by atoms with Crippen LogP contribution in [0.5, 0.6) is 0 Å². The molecule has 1 aromatic rings. The number of nitriles is 1. The van der Waals surface area contributed by atoms with Gasteiger partial charge in [0.05, 0.1) is 23.6 Å². The maximum atomic E-state index is 11.9. The summed E-state index contributed by atoms with van der Waals surface area (Å²) in [5, 5.41) is 11.5. The maximum absolute atomic E-state index is 11.9. The van der Waals surface area contributed by atoms with Crippen LogP contribution in [0.15, 0.2) is 24.3 Å². The molecule has 1 amide bonds. The van der Waals surface area contributed by atoms with Crippen LogP contribution in [0.1, 0.15) is 25.8 Å². The number of nitrogens with one attached hydrogen (secondary N) is 1. The van der Waals surface area contributed by atoms with Crippen molar-refractivity contribution in [3.8, 4) is 6.07 Å². The molecule has 0 aliphatic rings. The fourth-order valence-electron chi connectivity index (χ4n) is 1.79. The number of carbonyl (C=O) groups excluding carboxylic acids is 1. The van der Waals surface area contributed by atoms with Crippen LogP contribution in [0, 0.1) is 11.3 Å². The lowest BCUT2D eigenvalue weighted by Crippen LogP contribution is -2.36. The zero-order valence-corrected chi connectivity index (χ0v) is 13.1. The fraction of sp³-hybridized carbons (Fsp3) is 0.429. The van der Waals surface area contributed by atoms with Crippen molar-refractivity contribution in [1.29, 1.82) is 5.26 Å². The summed E-state index contributed by atoms with van der Waals surface area (Å²) >= 11 is 0. The van der Waals surface area contributed by atoms with Gasteiger partial charge in [0, 0.05) is 19.0 Å². The lowest BCUT2D eigenvalue weighted by atomic mass is 10.2. The van der Waals surface area contributed by atoms with Gasteiger partial charge in [-0.05, 0) is 38.1 Å². The summed E-state index contributed by atoms with van der Waals surface area (Å²) in [5.74, 6) is -0.202. The highest BCUT2D eigenvalue weighted by Crippen LogP contribution is 2.18. The van der Waals surface area contributed by atoms with E-state index in [1.807, 2.05) is 19.9 Å². The van der Waals surface area contributed by atoms with Crippen molar-refractivity contribution in [2.24, 2.45) is 0 Å². The van der Waals surface area contributed by atoms with Crippen LogP contribution in [-0.4, -0.2) is 33.2 Å². The minimum Gasteiger partial charge on any atom is -0.354 e. The van der Waals surface area contributed by atoms with Gasteiger partial charge in [0.2, 0.25) is 15.9 Å². The number of rotatable bonds is 6. The van der Waals surface area contributed by atoms with Gasteiger partial charge in [0.15, 0.2) is 0 Å². The lowest BCUT2D eigenvalue weighted by molar-refractivity contribution is -0.121. The van der Waals surface area contributed by atoms with E-state index in [4.69, 9.17) is 5.26 Å². The van der Waals surface area contributed by atoms with E-state index < -0.39 is 10.0 Å². The predicted octanol–water partition coefficient (Wildman–Crippen LogP) is 1.24. The highest BCUT2D eigenvalue weighted by atomic mass is 32.2. The Morgan fingerprint density at radius 1 is 1.33 bits per heavy atom. The zero-order chi connectivity index (χ0) is 16.0. The van der Waals surface area contributed by atoms with Crippen LogP contribution in [0.25, 0.3) is 0 Å². The molecule has 6 nitrogen and oxygen atoms in total. The second-order valence-electron chi connectivity index (χ2n) is 4.97. The molecule has 21 heavy (non-hydrogen) atoms. The van der Waals surface area contributed by atoms with Crippen LogP contribution in [-0.2, 0) is 14.8 Å². The molecule has 0 spiro atoms.